The van der Waals surface area contributed by atoms with E-state index in [2.05, 4.69) is 22.2 Å². The van der Waals surface area contributed by atoms with Gasteiger partial charge >= 0.3 is 0 Å². The second-order valence-corrected chi connectivity index (χ2v) is 5.48. The first-order valence-corrected chi connectivity index (χ1v) is 7.75. The van der Waals surface area contributed by atoms with Crippen LogP contribution in [0, 0.1) is 5.92 Å². The molecule has 0 amide bonds. The highest BCUT2D eigenvalue weighted by molar-refractivity contribution is 5.35. The van der Waals surface area contributed by atoms with Gasteiger partial charge in [0.25, 0.3) is 0 Å². The number of aromatic nitrogens is 2. The van der Waals surface area contributed by atoms with Crippen LogP contribution in [0.15, 0.2) is 12.4 Å². The standard InChI is InChI=1S/C15H26N4O/c1-2-8-20-15-11-17-10-14(19-15)18-13(9-16)12-6-4-3-5-7-12/h10-13H,2-9,16H2,1H3,(H,18,19). The Morgan fingerprint density at radius 1 is 1.35 bits per heavy atom. The quantitative estimate of drug-likeness (QED) is 0.802. The first kappa shape index (κ1) is 15.0. The van der Waals surface area contributed by atoms with Crippen LogP contribution in [-0.4, -0.2) is 29.2 Å². The first-order chi connectivity index (χ1) is 9.83. The Morgan fingerprint density at radius 2 is 2.15 bits per heavy atom. The number of rotatable bonds is 7. The van der Waals surface area contributed by atoms with Crippen molar-refractivity contribution < 1.29 is 4.74 Å². The topological polar surface area (TPSA) is 73.1 Å². The molecule has 0 aliphatic heterocycles. The summed E-state index contributed by atoms with van der Waals surface area (Å²) in [6.07, 6.45) is 10.9. The van der Waals surface area contributed by atoms with Crippen LogP contribution in [-0.2, 0) is 0 Å². The maximum absolute atomic E-state index is 5.93. The highest BCUT2D eigenvalue weighted by atomic mass is 16.5. The van der Waals surface area contributed by atoms with Gasteiger partial charge < -0.3 is 15.8 Å². The number of hydrogen-bond acceptors (Lipinski definition) is 5. The van der Waals surface area contributed by atoms with E-state index in [0.29, 0.717) is 24.9 Å². The normalized spacial score (nSPS) is 17.7. The Balaban J connectivity index is 1.95. The van der Waals surface area contributed by atoms with Crippen molar-refractivity contribution in [3.05, 3.63) is 12.4 Å². The molecule has 0 spiro atoms. The van der Waals surface area contributed by atoms with Crippen molar-refractivity contribution in [3.8, 4) is 5.88 Å². The van der Waals surface area contributed by atoms with Crippen molar-refractivity contribution in [3.63, 3.8) is 0 Å². The molecule has 1 atom stereocenters. The van der Waals surface area contributed by atoms with Gasteiger partial charge in [0.05, 0.1) is 19.0 Å². The van der Waals surface area contributed by atoms with Crippen molar-refractivity contribution in [2.24, 2.45) is 11.7 Å². The largest absolute Gasteiger partial charge is 0.477 e. The smallest absolute Gasteiger partial charge is 0.234 e. The highest BCUT2D eigenvalue weighted by Gasteiger charge is 2.22. The van der Waals surface area contributed by atoms with Crippen molar-refractivity contribution in [2.45, 2.75) is 51.5 Å². The summed E-state index contributed by atoms with van der Waals surface area (Å²) in [5, 5.41) is 3.44. The van der Waals surface area contributed by atoms with Gasteiger partial charge in [-0.2, -0.15) is 4.98 Å². The summed E-state index contributed by atoms with van der Waals surface area (Å²) in [6.45, 7) is 3.37. The van der Waals surface area contributed by atoms with Crippen LogP contribution in [0.2, 0.25) is 0 Å². The second-order valence-electron chi connectivity index (χ2n) is 5.48. The Hall–Kier alpha value is -1.36. The fourth-order valence-electron chi connectivity index (χ4n) is 2.79. The van der Waals surface area contributed by atoms with Crippen molar-refractivity contribution in [1.82, 2.24) is 9.97 Å². The minimum absolute atomic E-state index is 0.283. The van der Waals surface area contributed by atoms with Crippen LogP contribution in [0.5, 0.6) is 5.88 Å². The molecule has 1 aliphatic carbocycles. The summed E-state index contributed by atoms with van der Waals surface area (Å²) in [5.74, 6) is 1.99. The molecule has 1 aromatic heterocycles. The monoisotopic (exact) mass is 278 g/mol. The number of nitrogens with zero attached hydrogens (tertiary/aromatic N) is 2. The molecule has 1 aromatic rings. The van der Waals surface area contributed by atoms with Gasteiger partial charge in [0, 0.05) is 12.6 Å². The van der Waals surface area contributed by atoms with Gasteiger partial charge in [0.2, 0.25) is 5.88 Å². The Bertz CT molecular complexity index is 393. The second kappa shape index (κ2) is 8.04. The number of anilines is 1. The first-order valence-electron chi connectivity index (χ1n) is 7.75. The lowest BCUT2D eigenvalue weighted by atomic mass is 9.84. The molecule has 1 unspecified atom stereocenters. The van der Waals surface area contributed by atoms with E-state index in [4.69, 9.17) is 10.5 Å². The summed E-state index contributed by atoms with van der Waals surface area (Å²) < 4.78 is 5.51. The predicted molar refractivity (Wildman–Crippen MR) is 80.9 cm³/mol. The Morgan fingerprint density at radius 3 is 2.85 bits per heavy atom. The van der Waals surface area contributed by atoms with E-state index in [0.717, 1.165) is 12.2 Å². The van der Waals surface area contributed by atoms with Gasteiger partial charge in [-0.1, -0.05) is 26.2 Å². The lowest BCUT2D eigenvalue weighted by Gasteiger charge is -2.30. The zero-order valence-electron chi connectivity index (χ0n) is 12.3. The van der Waals surface area contributed by atoms with Gasteiger partial charge in [-0.15, -0.1) is 0 Å². The van der Waals surface area contributed by atoms with Gasteiger partial charge in [0.1, 0.15) is 5.82 Å². The molecule has 2 rings (SSSR count). The summed E-state index contributed by atoms with van der Waals surface area (Å²) in [6, 6.07) is 0.283. The highest BCUT2D eigenvalue weighted by Crippen LogP contribution is 2.27. The van der Waals surface area contributed by atoms with Crippen LogP contribution in [0.3, 0.4) is 0 Å². The maximum Gasteiger partial charge on any atom is 0.234 e. The third-order valence-electron chi connectivity index (χ3n) is 3.87. The van der Waals surface area contributed by atoms with Gasteiger partial charge in [-0.3, -0.25) is 4.98 Å². The molecule has 1 fully saturated rings. The molecular formula is C15H26N4O. The molecular weight excluding hydrogens is 252 g/mol. The molecule has 5 nitrogen and oxygen atoms in total. The van der Waals surface area contributed by atoms with Crippen LogP contribution < -0.4 is 15.8 Å². The van der Waals surface area contributed by atoms with Crippen LogP contribution in [0.4, 0.5) is 5.82 Å². The maximum atomic E-state index is 5.93. The van der Waals surface area contributed by atoms with Crippen molar-refractivity contribution in [1.29, 1.82) is 0 Å². The van der Waals surface area contributed by atoms with E-state index in [-0.39, 0.29) is 6.04 Å². The van der Waals surface area contributed by atoms with Crippen LogP contribution in [0.25, 0.3) is 0 Å². The van der Waals surface area contributed by atoms with E-state index < -0.39 is 0 Å². The summed E-state index contributed by atoms with van der Waals surface area (Å²) >= 11 is 0. The van der Waals surface area contributed by atoms with Crippen molar-refractivity contribution >= 4 is 5.82 Å². The minimum atomic E-state index is 0.283. The van der Waals surface area contributed by atoms with E-state index in [1.54, 1.807) is 12.4 Å². The number of hydrogen-bond donors (Lipinski definition) is 2. The average Bonchev–Trinajstić information content (AvgIpc) is 2.52. The van der Waals surface area contributed by atoms with E-state index >= 15 is 0 Å². The van der Waals surface area contributed by atoms with Gasteiger partial charge in [-0.25, -0.2) is 0 Å². The third kappa shape index (κ3) is 4.34. The van der Waals surface area contributed by atoms with Gasteiger partial charge in [0.15, 0.2) is 0 Å². The molecule has 112 valence electrons. The molecule has 1 aliphatic rings. The zero-order chi connectivity index (χ0) is 14.2. The third-order valence-corrected chi connectivity index (χ3v) is 3.87. The molecule has 3 N–H and O–H groups in total. The fourth-order valence-corrected chi connectivity index (χ4v) is 2.79. The SMILES string of the molecule is CCCOc1cncc(NC(CN)C2CCCCC2)n1. The zero-order valence-corrected chi connectivity index (χ0v) is 12.3. The summed E-state index contributed by atoms with van der Waals surface area (Å²) in [7, 11) is 0. The number of nitrogens with two attached hydrogens (primary N) is 1. The molecule has 0 radical (unpaired) electrons. The van der Waals surface area contributed by atoms with Crippen LogP contribution in [0.1, 0.15) is 45.4 Å². The summed E-state index contributed by atoms with van der Waals surface area (Å²) in [5.41, 5.74) is 5.93. The molecule has 5 heteroatoms. The van der Waals surface area contributed by atoms with Gasteiger partial charge in [-0.05, 0) is 25.2 Å². The average molecular weight is 278 g/mol. The van der Waals surface area contributed by atoms with E-state index in [9.17, 15) is 0 Å². The lowest BCUT2D eigenvalue weighted by Crippen LogP contribution is -2.37. The molecule has 1 saturated carbocycles. The molecule has 1 heterocycles. The summed E-state index contributed by atoms with van der Waals surface area (Å²) in [4.78, 5) is 8.62. The van der Waals surface area contributed by atoms with E-state index in [1.807, 2.05) is 0 Å². The Kier molecular flexibility index (Phi) is 6.05. The molecule has 0 aromatic carbocycles. The van der Waals surface area contributed by atoms with Crippen molar-refractivity contribution in [2.75, 3.05) is 18.5 Å². The van der Waals surface area contributed by atoms with Crippen LogP contribution >= 0.6 is 0 Å². The molecule has 0 bridgehead atoms. The molecule has 0 saturated heterocycles. The number of ether oxygens (including phenoxy) is 1. The predicted octanol–water partition coefficient (Wildman–Crippen LogP) is 2.58. The minimum Gasteiger partial charge on any atom is -0.477 e. The lowest BCUT2D eigenvalue weighted by molar-refractivity contribution is 0.303. The fraction of sp³-hybridized carbons (Fsp3) is 0.733. The number of nitrogens with one attached hydrogen (secondary N) is 1. The molecule has 20 heavy (non-hydrogen) atoms. The van der Waals surface area contributed by atoms with E-state index in [1.165, 1.54) is 32.1 Å². The Labute approximate surface area is 121 Å².